The Kier molecular flexibility index (Phi) is 4.16. The normalized spacial score (nSPS) is 18.5. The number of likely N-dealkylation sites (tertiary alicyclic amines) is 1. The molecule has 1 unspecified atom stereocenters. The molecule has 0 radical (unpaired) electrons. The molecule has 3 aromatic rings. The zero-order chi connectivity index (χ0) is 16.5. The fourth-order valence-corrected chi connectivity index (χ4v) is 4.18. The number of aromatic amines is 1. The summed E-state index contributed by atoms with van der Waals surface area (Å²) in [7, 11) is 0. The van der Waals surface area contributed by atoms with Gasteiger partial charge in [0.2, 0.25) is 0 Å². The first kappa shape index (κ1) is 15.5. The molecule has 124 valence electrons. The van der Waals surface area contributed by atoms with Gasteiger partial charge in [-0.15, -0.1) is 11.3 Å². The minimum Gasteiger partial charge on any atom is -0.308 e. The van der Waals surface area contributed by atoms with Gasteiger partial charge in [-0.1, -0.05) is 12.1 Å². The lowest BCUT2D eigenvalue weighted by Gasteiger charge is -2.24. The van der Waals surface area contributed by atoms with Crippen molar-refractivity contribution in [3.05, 3.63) is 63.3 Å². The molecule has 1 fully saturated rings. The van der Waals surface area contributed by atoms with E-state index >= 15 is 0 Å². The molecule has 0 spiro atoms. The molecule has 1 saturated heterocycles. The number of hydrogen-bond acceptors (Lipinski definition) is 4. The van der Waals surface area contributed by atoms with E-state index in [1.165, 1.54) is 17.4 Å². The zero-order valence-electron chi connectivity index (χ0n) is 13.2. The lowest BCUT2D eigenvalue weighted by molar-refractivity contribution is 0.238. The van der Waals surface area contributed by atoms with Crippen molar-refractivity contribution in [2.24, 2.45) is 0 Å². The Morgan fingerprint density at radius 1 is 1.38 bits per heavy atom. The van der Waals surface area contributed by atoms with Crippen LogP contribution in [0.2, 0.25) is 0 Å². The van der Waals surface area contributed by atoms with Crippen LogP contribution in [0.1, 0.15) is 24.2 Å². The number of nitrogens with zero attached hydrogens (tertiary/aromatic N) is 2. The Hall–Kier alpha value is -2.05. The van der Waals surface area contributed by atoms with Gasteiger partial charge in [-0.2, -0.15) is 0 Å². The molecule has 1 aliphatic rings. The van der Waals surface area contributed by atoms with Crippen molar-refractivity contribution in [2.75, 3.05) is 6.54 Å². The first-order valence-electron chi connectivity index (χ1n) is 8.14. The third-order valence-electron chi connectivity index (χ3n) is 4.58. The predicted molar refractivity (Wildman–Crippen MR) is 93.8 cm³/mol. The quantitative estimate of drug-likeness (QED) is 0.790. The lowest BCUT2D eigenvalue weighted by Crippen LogP contribution is -2.32. The summed E-state index contributed by atoms with van der Waals surface area (Å²) < 4.78 is 14.1. The number of halogens is 1. The highest BCUT2D eigenvalue weighted by Crippen LogP contribution is 2.23. The van der Waals surface area contributed by atoms with Crippen molar-refractivity contribution in [3.8, 4) is 0 Å². The van der Waals surface area contributed by atoms with Crippen LogP contribution in [-0.4, -0.2) is 27.5 Å². The Labute approximate surface area is 143 Å². The summed E-state index contributed by atoms with van der Waals surface area (Å²) in [4.78, 5) is 21.9. The maximum absolute atomic E-state index is 13.4. The number of aromatic nitrogens is 2. The second-order valence-electron chi connectivity index (χ2n) is 6.25. The molecule has 1 atom stereocenters. The smallest absolute Gasteiger partial charge is 0.268 e. The third-order valence-corrected chi connectivity index (χ3v) is 5.48. The Morgan fingerprint density at radius 2 is 2.29 bits per heavy atom. The molecule has 0 bridgehead atoms. The molecule has 1 N–H and O–H groups in total. The van der Waals surface area contributed by atoms with Crippen LogP contribution >= 0.6 is 11.3 Å². The first-order chi connectivity index (χ1) is 11.7. The summed E-state index contributed by atoms with van der Waals surface area (Å²) in [6.45, 7) is 1.60. The largest absolute Gasteiger partial charge is 0.308 e. The standard InChI is InChI=1S/C18H18FN3OS/c19-13-4-1-3-12(9-13)10-14-5-2-7-22(14)11-16-20-15-6-8-24-17(15)18(23)21-16/h1,3-4,6,8-9,14H,2,5,7,10-11H2,(H,20,21,23). The molecule has 0 saturated carbocycles. The average Bonchev–Trinajstić information content (AvgIpc) is 3.17. The van der Waals surface area contributed by atoms with Crippen LogP contribution in [0.5, 0.6) is 0 Å². The summed E-state index contributed by atoms with van der Waals surface area (Å²) in [5.74, 6) is 0.517. The molecule has 2 aromatic heterocycles. The van der Waals surface area contributed by atoms with Crippen molar-refractivity contribution in [3.63, 3.8) is 0 Å². The highest BCUT2D eigenvalue weighted by atomic mass is 32.1. The van der Waals surface area contributed by atoms with Crippen LogP contribution in [0.15, 0.2) is 40.5 Å². The lowest BCUT2D eigenvalue weighted by atomic mass is 10.0. The van der Waals surface area contributed by atoms with Crippen LogP contribution in [0.4, 0.5) is 4.39 Å². The van der Waals surface area contributed by atoms with Crippen LogP contribution in [0.3, 0.4) is 0 Å². The number of H-pyrrole nitrogens is 1. The van der Waals surface area contributed by atoms with E-state index in [1.807, 2.05) is 17.5 Å². The number of fused-ring (bicyclic) bond motifs is 1. The van der Waals surface area contributed by atoms with Gasteiger partial charge in [0.1, 0.15) is 16.3 Å². The summed E-state index contributed by atoms with van der Waals surface area (Å²) in [6, 6.07) is 9.04. The maximum atomic E-state index is 13.4. The highest BCUT2D eigenvalue weighted by Gasteiger charge is 2.25. The van der Waals surface area contributed by atoms with Crippen LogP contribution < -0.4 is 5.56 Å². The van der Waals surface area contributed by atoms with Crippen LogP contribution in [-0.2, 0) is 13.0 Å². The van der Waals surface area contributed by atoms with E-state index in [0.717, 1.165) is 36.9 Å². The summed E-state index contributed by atoms with van der Waals surface area (Å²) in [6.07, 6.45) is 3.02. The fraction of sp³-hybridized carbons (Fsp3) is 0.333. The number of benzene rings is 1. The van der Waals surface area contributed by atoms with Gasteiger partial charge in [0.15, 0.2) is 0 Å². The molecule has 0 amide bonds. The van der Waals surface area contributed by atoms with E-state index in [2.05, 4.69) is 14.9 Å². The molecule has 24 heavy (non-hydrogen) atoms. The monoisotopic (exact) mass is 343 g/mol. The van der Waals surface area contributed by atoms with E-state index in [9.17, 15) is 9.18 Å². The van der Waals surface area contributed by atoms with Crippen LogP contribution in [0, 0.1) is 5.82 Å². The van der Waals surface area contributed by atoms with Crippen molar-refractivity contribution in [2.45, 2.75) is 31.8 Å². The second-order valence-corrected chi connectivity index (χ2v) is 7.16. The molecule has 1 aromatic carbocycles. The van der Waals surface area contributed by atoms with Gasteiger partial charge in [0, 0.05) is 6.04 Å². The van der Waals surface area contributed by atoms with Crippen molar-refractivity contribution in [1.29, 1.82) is 0 Å². The van der Waals surface area contributed by atoms with E-state index < -0.39 is 0 Å². The molecule has 4 nitrogen and oxygen atoms in total. The molecule has 0 aliphatic carbocycles. The topological polar surface area (TPSA) is 49.0 Å². The summed E-state index contributed by atoms with van der Waals surface area (Å²) in [5.41, 5.74) is 1.71. The van der Waals surface area contributed by atoms with Gasteiger partial charge in [0.05, 0.1) is 12.1 Å². The molecule has 3 heterocycles. The van der Waals surface area contributed by atoms with Crippen molar-refractivity contribution >= 4 is 21.6 Å². The average molecular weight is 343 g/mol. The summed E-state index contributed by atoms with van der Waals surface area (Å²) in [5, 5.41) is 1.89. The van der Waals surface area contributed by atoms with E-state index in [4.69, 9.17) is 0 Å². The fourth-order valence-electron chi connectivity index (χ4n) is 3.46. The second kappa shape index (κ2) is 6.45. The highest BCUT2D eigenvalue weighted by molar-refractivity contribution is 7.17. The number of rotatable bonds is 4. The summed E-state index contributed by atoms with van der Waals surface area (Å²) >= 11 is 1.41. The molecule has 1 aliphatic heterocycles. The van der Waals surface area contributed by atoms with Gasteiger partial charge in [-0.05, 0) is 54.9 Å². The van der Waals surface area contributed by atoms with Gasteiger partial charge in [0.25, 0.3) is 5.56 Å². The SMILES string of the molecule is O=c1[nH]c(CN2CCCC2Cc2cccc(F)c2)nc2ccsc12. The molecular weight excluding hydrogens is 325 g/mol. The third kappa shape index (κ3) is 3.12. The van der Waals surface area contributed by atoms with Gasteiger partial charge in [-0.25, -0.2) is 9.37 Å². The predicted octanol–water partition coefficient (Wildman–Crippen LogP) is 3.33. The van der Waals surface area contributed by atoms with Crippen molar-refractivity contribution in [1.82, 2.24) is 14.9 Å². The van der Waals surface area contributed by atoms with E-state index in [0.29, 0.717) is 23.1 Å². The van der Waals surface area contributed by atoms with E-state index in [-0.39, 0.29) is 11.4 Å². The number of hydrogen-bond donors (Lipinski definition) is 1. The maximum Gasteiger partial charge on any atom is 0.268 e. The number of nitrogens with one attached hydrogen (secondary N) is 1. The Bertz CT molecular complexity index is 920. The minimum absolute atomic E-state index is 0.0640. The molecule has 4 rings (SSSR count). The Balaban J connectivity index is 1.53. The molecular formula is C18H18FN3OS. The number of thiophene rings is 1. The van der Waals surface area contributed by atoms with Crippen molar-refractivity contribution < 1.29 is 4.39 Å². The Morgan fingerprint density at radius 3 is 3.17 bits per heavy atom. The van der Waals surface area contributed by atoms with Gasteiger partial charge in [-0.3, -0.25) is 9.69 Å². The molecule has 6 heteroatoms. The van der Waals surface area contributed by atoms with Gasteiger partial charge >= 0.3 is 0 Å². The minimum atomic E-state index is -0.189. The van der Waals surface area contributed by atoms with Crippen LogP contribution in [0.25, 0.3) is 10.2 Å². The van der Waals surface area contributed by atoms with E-state index in [1.54, 1.807) is 12.1 Å². The van der Waals surface area contributed by atoms with Gasteiger partial charge < -0.3 is 4.98 Å². The first-order valence-corrected chi connectivity index (χ1v) is 9.02. The zero-order valence-corrected chi connectivity index (χ0v) is 14.0.